The van der Waals surface area contributed by atoms with Crippen molar-refractivity contribution in [1.29, 1.82) is 0 Å². The second kappa shape index (κ2) is 5.19. The highest BCUT2D eigenvalue weighted by molar-refractivity contribution is 5.94. The molecule has 1 saturated heterocycles. The minimum Gasteiger partial charge on any atom is -0.392 e. The standard InChI is InChI=1S/C16H23NO3/c1-15(2)9-13(16(3,4)20-15)17-14(19)12-7-5-6-11(8-12)10-18/h5-8,13,18H,9-10H2,1-4H3,(H,17,19)/t13-/m1/s1. The van der Waals surface area contributed by atoms with Crippen molar-refractivity contribution in [3.8, 4) is 0 Å². The van der Waals surface area contributed by atoms with Crippen LogP contribution in [0.3, 0.4) is 0 Å². The molecule has 1 amide bonds. The second-order valence-corrected chi connectivity index (χ2v) is 6.55. The first kappa shape index (κ1) is 15.0. The molecule has 0 radical (unpaired) electrons. The van der Waals surface area contributed by atoms with Crippen LogP contribution >= 0.6 is 0 Å². The summed E-state index contributed by atoms with van der Waals surface area (Å²) in [4.78, 5) is 12.3. The Morgan fingerprint density at radius 2 is 2.10 bits per heavy atom. The van der Waals surface area contributed by atoms with Crippen molar-refractivity contribution >= 4 is 5.91 Å². The molecule has 1 aromatic rings. The van der Waals surface area contributed by atoms with Gasteiger partial charge in [-0.25, -0.2) is 0 Å². The quantitative estimate of drug-likeness (QED) is 0.891. The summed E-state index contributed by atoms with van der Waals surface area (Å²) < 4.78 is 5.98. The first-order chi connectivity index (χ1) is 9.23. The summed E-state index contributed by atoms with van der Waals surface area (Å²) >= 11 is 0. The number of hydrogen-bond acceptors (Lipinski definition) is 3. The van der Waals surface area contributed by atoms with Gasteiger partial charge in [0.05, 0.1) is 23.9 Å². The predicted molar refractivity (Wildman–Crippen MR) is 77.5 cm³/mol. The highest BCUT2D eigenvalue weighted by Crippen LogP contribution is 2.37. The summed E-state index contributed by atoms with van der Waals surface area (Å²) in [6, 6.07) is 7.01. The fourth-order valence-electron chi connectivity index (χ4n) is 2.84. The van der Waals surface area contributed by atoms with Crippen LogP contribution < -0.4 is 5.32 Å². The maximum absolute atomic E-state index is 12.3. The van der Waals surface area contributed by atoms with Crippen LogP contribution in [-0.2, 0) is 11.3 Å². The van der Waals surface area contributed by atoms with E-state index in [0.29, 0.717) is 5.56 Å². The average Bonchev–Trinajstić information content (AvgIpc) is 2.57. The van der Waals surface area contributed by atoms with Crippen molar-refractivity contribution in [2.75, 3.05) is 0 Å². The van der Waals surface area contributed by atoms with E-state index in [2.05, 4.69) is 5.32 Å². The third kappa shape index (κ3) is 3.19. The lowest BCUT2D eigenvalue weighted by Crippen LogP contribution is -2.46. The van der Waals surface area contributed by atoms with Crippen molar-refractivity contribution < 1.29 is 14.6 Å². The van der Waals surface area contributed by atoms with Gasteiger partial charge in [-0.05, 0) is 51.8 Å². The van der Waals surface area contributed by atoms with Crippen molar-refractivity contribution in [2.24, 2.45) is 0 Å². The summed E-state index contributed by atoms with van der Waals surface area (Å²) in [6.07, 6.45) is 0.783. The second-order valence-electron chi connectivity index (χ2n) is 6.55. The zero-order valence-electron chi connectivity index (χ0n) is 12.6. The van der Waals surface area contributed by atoms with Gasteiger partial charge in [0, 0.05) is 5.56 Å². The van der Waals surface area contributed by atoms with E-state index in [1.54, 1.807) is 24.3 Å². The van der Waals surface area contributed by atoms with Crippen LogP contribution in [0, 0.1) is 0 Å². The zero-order valence-corrected chi connectivity index (χ0v) is 12.6. The molecule has 1 atom stereocenters. The molecule has 20 heavy (non-hydrogen) atoms. The number of benzene rings is 1. The first-order valence-corrected chi connectivity index (χ1v) is 6.94. The van der Waals surface area contributed by atoms with Crippen LogP contribution in [0.5, 0.6) is 0 Å². The molecule has 1 aliphatic heterocycles. The Morgan fingerprint density at radius 3 is 2.65 bits per heavy atom. The lowest BCUT2D eigenvalue weighted by Gasteiger charge is -2.27. The molecule has 4 heteroatoms. The van der Waals surface area contributed by atoms with E-state index in [1.165, 1.54) is 0 Å². The molecule has 2 rings (SSSR count). The maximum Gasteiger partial charge on any atom is 0.251 e. The molecule has 0 aromatic heterocycles. The normalized spacial score (nSPS) is 23.6. The van der Waals surface area contributed by atoms with Gasteiger partial charge in [0.1, 0.15) is 0 Å². The van der Waals surface area contributed by atoms with E-state index in [9.17, 15) is 4.79 Å². The van der Waals surface area contributed by atoms with Crippen LogP contribution in [0.15, 0.2) is 24.3 Å². The lowest BCUT2D eigenvalue weighted by molar-refractivity contribution is -0.0693. The first-order valence-electron chi connectivity index (χ1n) is 6.94. The number of ether oxygens (including phenoxy) is 1. The predicted octanol–water partition coefficient (Wildman–Crippen LogP) is 2.25. The highest BCUT2D eigenvalue weighted by Gasteiger charge is 2.46. The van der Waals surface area contributed by atoms with E-state index in [0.717, 1.165) is 12.0 Å². The Kier molecular flexibility index (Phi) is 3.89. The van der Waals surface area contributed by atoms with Gasteiger partial charge in [0.2, 0.25) is 0 Å². The third-order valence-corrected chi connectivity index (χ3v) is 3.75. The number of aliphatic hydroxyl groups excluding tert-OH is 1. The maximum atomic E-state index is 12.3. The van der Waals surface area contributed by atoms with Gasteiger partial charge in [0.15, 0.2) is 0 Å². The van der Waals surface area contributed by atoms with Crippen LogP contribution in [0.4, 0.5) is 0 Å². The molecule has 2 N–H and O–H groups in total. The molecule has 1 aromatic carbocycles. The van der Waals surface area contributed by atoms with Gasteiger partial charge < -0.3 is 15.2 Å². The van der Waals surface area contributed by atoms with Gasteiger partial charge in [-0.15, -0.1) is 0 Å². The summed E-state index contributed by atoms with van der Waals surface area (Å²) in [5.41, 5.74) is 0.694. The SMILES string of the molecule is CC1(C)C[C@@H](NC(=O)c2cccc(CO)c2)C(C)(C)O1. The van der Waals surface area contributed by atoms with E-state index in [1.807, 2.05) is 27.7 Å². The molecule has 4 nitrogen and oxygen atoms in total. The van der Waals surface area contributed by atoms with Crippen LogP contribution in [0.1, 0.15) is 50.0 Å². The minimum atomic E-state index is -0.381. The topological polar surface area (TPSA) is 58.6 Å². The summed E-state index contributed by atoms with van der Waals surface area (Å²) in [6.45, 7) is 8.00. The van der Waals surface area contributed by atoms with E-state index < -0.39 is 0 Å². The largest absolute Gasteiger partial charge is 0.392 e. The molecule has 0 aliphatic carbocycles. The van der Waals surface area contributed by atoms with E-state index in [-0.39, 0.29) is 29.8 Å². The van der Waals surface area contributed by atoms with Crippen molar-refractivity contribution in [3.63, 3.8) is 0 Å². The molecular weight excluding hydrogens is 254 g/mol. The number of rotatable bonds is 3. The van der Waals surface area contributed by atoms with Crippen molar-refractivity contribution in [1.82, 2.24) is 5.32 Å². The van der Waals surface area contributed by atoms with Crippen LogP contribution in [0.2, 0.25) is 0 Å². The van der Waals surface area contributed by atoms with Gasteiger partial charge in [-0.2, -0.15) is 0 Å². The number of nitrogens with one attached hydrogen (secondary N) is 1. The molecular formula is C16H23NO3. The minimum absolute atomic E-state index is 0.0252. The Hall–Kier alpha value is -1.39. The van der Waals surface area contributed by atoms with E-state index >= 15 is 0 Å². The molecule has 0 spiro atoms. The molecule has 1 aliphatic rings. The third-order valence-electron chi connectivity index (χ3n) is 3.75. The molecule has 0 bridgehead atoms. The number of carbonyl (C=O) groups excluding carboxylic acids is 1. The summed E-state index contributed by atoms with van der Waals surface area (Å²) in [5.74, 6) is -0.125. The van der Waals surface area contributed by atoms with Crippen LogP contribution in [-0.4, -0.2) is 28.3 Å². The smallest absolute Gasteiger partial charge is 0.251 e. The zero-order chi connectivity index (χ0) is 15.0. The number of aliphatic hydroxyl groups is 1. The molecule has 1 fully saturated rings. The summed E-state index contributed by atoms with van der Waals surface area (Å²) in [5, 5.41) is 12.2. The Morgan fingerprint density at radius 1 is 1.40 bits per heavy atom. The van der Waals surface area contributed by atoms with Gasteiger partial charge in [-0.1, -0.05) is 12.1 Å². The van der Waals surface area contributed by atoms with Gasteiger partial charge in [0.25, 0.3) is 5.91 Å². The highest BCUT2D eigenvalue weighted by atomic mass is 16.5. The average molecular weight is 277 g/mol. The molecule has 0 unspecified atom stereocenters. The number of carbonyl (C=O) groups is 1. The Bertz CT molecular complexity index is 508. The number of hydrogen-bond donors (Lipinski definition) is 2. The molecule has 110 valence electrons. The fourth-order valence-corrected chi connectivity index (χ4v) is 2.84. The molecule has 1 heterocycles. The lowest BCUT2D eigenvalue weighted by atomic mass is 9.94. The van der Waals surface area contributed by atoms with Gasteiger partial charge in [-0.3, -0.25) is 4.79 Å². The van der Waals surface area contributed by atoms with Gasteiger partial charge >= 0.3 is 0 Å². The van der Waals surface area contributed by atoms with Crippen molar-refractivity contribution in [3.05, 3.63) is 35.4 Å². The van der Waals surface area contributed by atoms with E-state index in [4.69, 9.17) is 9.84 Å². The number of amides is 1. The molecule has 0 saturated carbocycles. The van der Waals surface area contributed by atoms with Crippen molar-refractivity contribution in [2.45, 2.75) is 58.0 Å². The Balaban J connectivity index is 2.11. The fraction of sp³-hybridized carbons (Fsp3) is 0.562. The Labute approximate surface area is 120 Å². The monoisotopic (exact) mass is 277 g/mol. The summed E-state index contributed by atoms with van der Waals surface area (Å²) in [7, 11) is 0. The van der Waals surface area contributed by atoms with Crippen LogP contribution in [0.25, 0.3) is 0 Å².